The van der Waals surface area contributed by atoms with Crippen molar-refractivity contribution in [2.45, 2.75) is 25.7 Å². The Morgan fingerprint density at radius 1 is 1.43 bits per heavy atom. The fraction of sp³-hybridized carbons (Fsp3) is 0.312. The van der Waals surface area contributed by atoms with Crippen LogP contribution in [0.5, 0.6) is 0 Å². The lowest BCUT2D eigenvalue weighted by Crippen LogP contribution is -2.35. The van der Waals surface area contributed by atoms with Gasteiger partial charge in [-0.3, -0.25) is 9.48 Å². The van der Waals surface area contributed by atoms with Crippen LogP contribution < -0.4 is 0 Å². The third-order valence-corrected chi connectivity index (χ3v) is 4.24. The van der Waals surface area contributed by atoms with E-state index in [1.54, 1.807) is 23.9 Å². The van der Waals surface area contributed by atoms with E-state index in [9.17, 15) is 10.1 Å². The molecule has 0 aliphatic rings. The molecule has 1 unspecified atom stereocenters. The number of halogens is 1. The number of aromatic nitrogens is 2. The van der Waals surface area contributed by atoms with Crippen molar-refractivity contribution in [2.75, 3.05) is 0 Å². The Kier molecular flexibility index (Phi) is 4.15. The van der Waals surface area contributed by atoms with Crippen molar-refractivity contribution < 1.29 is 4.79 Å². The summed E-state index contributed by atoms with van der Waals surface area (Å²) in [7, 11) is 1.74. The van der Waals surface area contributed by atoms with Crippen LogP contribution >= 0.6 is 11.6 Å². The zero-order chi connectivity index (χ0) is 15.6. The van der Waals surface area contributed by atoms with E-state index in [4.69, 9.17) is 11.6 Å². The molecule has 0 spiro atoms. The summed E-state index contributed by atoms with van der Waals surface area (Å²) in [6.07, 6.45) is 0.224. The van der Waals surface area contributed by atoms with Crippen LogP contribution in [0.2, 0.25) is 5.15 Å². The van der Waals surface area contributed by atoms with Gasteiger partial charge < -0.3 is 0 Å². The van der Waals surface area contributed by atoms with Crippen LogP contribution in [0, 0.1) is 18.3 Å². The summed E-state index contributed by atoms with van der Waals surface area (Å²) < 4.78 is 1.56. The molecule has 5 heteroatoms. The highest BCUT2D eigenvalue weighted by atomic mass is 35.5. The molecule has 0 aliphatic carbocycles. The van der Waals surface area contributed by atoms with Crippen LogP contribution in [0.1, 0.15) is 23.7 Å². The fourth-order valence-electron chi connectivity index (χ4n) is 2.48. The number of carbonyl (C=O) groups is 1. The zero-order valence-electron chi connectivity index (χ0n) is 12.2. The molecule has 0 amide bonds. The minimum absolute atomic E-state index is 0.199. The number of nitriles is 1. The summed E-state index contributed by atoms with van der Waals surface area (Å²) in [5.74, 6) is -0.199. The SMILES string of the molecule is CC(=O)C(C#N)(Cc1c(C)nn(C)c1Cl)c1ccccc1. The molecule has 0 N–H and O–H groups in total. The molecule has 4 nitrogen and oxygen atoms in total. The van der Waals surface area contributed by atoms with E-state index in [2.05, 4.69) is 11.2 Å². The lowest BCUT2D eigenvalue weighted by molar-refractivity contribution is -0.120. The summed E-state index contributed by atoms with van der Waals surface area (Å²) in [5.41, 5.74) is 0.914. The monoisotopic (exact) mass is 301 g/mol. The molecule has 0 radical (unpaired) electrons. The molecule has 1 aromatic carbocycles. The third-order valence-electron chi connectivity index (χ3n) is 3.77. The summed E-state index contributed by atoms with van der Waals surface area (Å²) in [6, 6.07) is 11.3. The first kappa shape index (κ1) is 15.3. The van der Waals surface area contributed by atoms with Gasteiger partial charge in [0, 0.05) is 19.0 Å². The molecule has 0 bridgehead atoms. The minimum atomic E-state index is -1.24. The summed E-state index contributed by atoms with van der Waals surface area (Å²) in [4.78, 5) is 12.2. The molecule has 1 atom stereocenters. The van der Waals surface area contributed by atoms with Gasteiger partial charge in [-0.2, -0.15) is 10.4 Å². The first-order chi connectivity index (χ1) is 9.92. The van der Waals surface area contributed by atoms with Crippen molar-refractivity contribution in [3.63, 3.8) is 0 Å². The van der Waals surface area contributed by atoms with Gasteiger partial charge in [0.2, 0.25) is 0 Å². The van der Waals surface area contributed by atoms with E-state index in [1.807, 2.05) is 25.1 Å². The standard InChI is InChI=1S/C16H16ClN3O/c1-11-14(15(17)20(3)19-11)9-16(10-18,12(2)21)13-7-5-4-6-8-13/h4-8H,9H2,1-3H3. The number of nitrogens with zero attached hydrogens (tertiary/aromatic N) is 3. The molecule has 2 aromatic rings. The maximum absolute atomic E-state index is 12.2. The van der Waals surface area contributed by atoms with Gasteiger partial charge in [-0.15, -0.1) is 0 Å². The van der Waals surface area contributed by atoms with Crippen molar-refractivity contribution >= 4 is 17.4 Å². The van der Waals surface area contributed by atoms with E-state index in [1.165, 1.54) is 6.92 Å². The number of rotatable bonds is 4. The highest BCUT2D eigenvalue weighted by Crippen LogP contribution is 2.33. The van der Waals surface area contributed by atoms with Crippen molar-refractivity contribution in [1.82, 2.24) is 9.78 Å². The van der Waals surface area contributed by atoms with Crippen LogP contribution in [0.3, 0.4) is 0 Å². The number of ketones is 1. The van der Waals surface area contributed by atoms with E-state index in [0.717, 1.165) is 11.3 Å². The Bertz CT molecular complexity index is 715. The number of Topliss-reactive ketones (excluding diaryl/α,β-unsaturated/α-hetero) is 1. The topological polar surface area (TPSA) is 58.7 Å². The molecule has 2 rings (SSSR count). The second-order valence-corrected chi connectivity index (χ2v) is 5.45. The molecule has 0 saturated carbocycles. The highest BCUT2D eigenvalue weighted by molar-refractivity contribution is 6.30. The number of hydrogen-bond acceptors (Lipinski definition) is 3. The van der Waals surface area contributed by atoms with Gasteiger partial charge in [-0.25, -0.2) is 0 Å². The van der Waals surface area contributed by atoms with Gasteiger partial charge in [0.25, 0.3) is 0 Å². The molecule has 108 valence electrons. The first-order valence-electron chi connectivity index (χ1n) is 6.58. The fourth-order valence-corrected chi connectivity index (χ4v) is 2.72. The van der Waals surface area contributed by atoms with Crippen molar-refractivity contribution in [2.24, 2.45) is 7.05 Å². The highest BCUT2D eigenvalue weighted by Gasteiger charge is 2.39. The van der Waals surface area contributed by atoms with Crippen LogP contribution in [0.15, 0.2) is 30.3 Å². The van der Waals surface area contributed by atoms with Gasteiger partial charge in [-0.1, -0.05) is 41.9 Å². The number of aryl methyl sites for hydroxylation is 2. The van der Waals surface area contributed by atoms with E-state index >= 15 is 0 Å². The second-order valence-electron chi connectivity index (χ2n) is 5.09. The largest absolute Gasteiger partial charge is 0.298 e. The average Bonchev–Trinajstić information content (AvgIpc) is 2.71. The summed E-state index contributed by atoms with van der Waals surface area (Å²) in [5, 5.41) is 14.4. The minimum Gasteiger partial charge on any atom is -0.298 e. The Labute approximate surface area is 129 Å². The van der Waals surface area contributed by atoms with Crippen LogP contribution in [-0.2, 0) is 23.7 Å². The first-order valence-corrected chi connectivity index (χ1v) is 6.96. The lowest BCUT2D eigenvalue weighted by atomic mass is 9.74. The maximum atomic E-state index is 12.2. The van der Waals surface area contributed by atoms with Gasteiger partial charge in [0.05, 0.1) is 11.8 Å². The van der Waals surface area contributed by atoms with Gasteiger partial charge in [-0.05, 0) is 19.4 Å². The molecule has 0 fully saturated rings. The Hall–Kier alpha value is -2.12. The smallest absolute Gasteiger partial charge is 0.154 e. The van der Waals surface area contributed by atoms with Crippen LogP contribution in [0.25, 0.3) is 0 Å². The van der Waals surface area contributed by atoms with E-state index < -0.39 is 5.41 Å². The Balaban J connectivity index is 2.58. The van der Waals surface area contributed by atoms with Crippen LogP contribution in [-0.4, -0.2) is 15.6 Å². The molecular weight excluding hydrogens is 286 g/mol. The zero-order valence-corrected chi connectivity index (χ0v) is 13.0. The molecule has 0 saturated heterocycles. The number of benzene rings is 1. The summed E-state index contributed by atoms with van der Waals surface area (Å²) >= 11 is 6.25. The average molecular weight is 302 g/mol. The number of carbonyl (C=O) groups excluding carboxylic acids is 1. The van der Waals surface area contributed by atoms with Gasteiger partial charge >= 0.3 is 0 Å². The van der Waals surface area contributed by atoms with E-state index in [0.29, 0.717) is 10.7 Å². The maximum Gasteiger partial charge on any atom is 0.154 e. The Morgan fingerprint density at radius 3 is 2.48 bits per heavy atom. The van der Waals surface area contributed by atoms with Crippen molar-refractivity contribution in [1.29, 1.82) is 5.26 Å². The van der Waals surface area contributed by atoms with Gasteiger partial charge in [0.15, 0.2) is 5.78 Å². The molecule has 21 heavy (non-hydrogen) atoms. The Morgan fingerprint density at radius 2 is 2.05 bits per heavy atom. The van der Waals surface area contributed by atoms with Crippen LogP contribution in [0.4, 0.5) is 0 Å². The quantitative estimate of drug-likeness (QED) is 0.872. The summed E-state index contributed by atoms with van der Waals surface area (Å²) in [6.45, 7) is 3.27. The molecular formula is C16H16ClN3O. The molecule has 1 aromatic heterocycles. The lowest BCUT2D eigenvalue weighted by Gasteiger charge is -2.24. The van der Waals surface area contributed by atoms with Gasteiger partial charge in [0.1, 0.15) is 10.6 Å². The second kappa shape index (κ2) is 5.71. The molecule has 1 heterocycles. The predicted molar refractivity (Wildman–Crippen MR) is 81.1 cm³/mol. The van der Waals surface area contributed by atoms with E-state index in [-0.39, 0.29) is 12.2 Å². The molecule has 0 aliphatic heterocycles. The predicted octanol–water partition coefficient (Wildman–Crippen LogP) is 2.98. The number of hydrogen-bond donors (Lipinski definition) is 0. The third kappa shape index (κ3) is 2.57. The van der Waals surface area contributed by atoms with Crippen molar-refractivity contribution in [3.05, 3.63) is 52.3 Å². The normalized spacial score (nSPS) is 13.5. The van der Waals surface area contributed by atoms with Crippen molar-refractivity contribution in [3.8, 4) is 6.07 Å².